The highest BCUT2D eigenvalue weighted by molar-refractivity contribution is 8.15. The Labute approximate surface area is 249 Å². The summed E-state index contributed by atoms with van der Waals surface area (Å²) < 4.78 is 40.7. The first-order valence-corrected chi connectivity index (χ1v) is 13.8. The highest BCUT2D eigenvalue weighted by Crippen LogP contribution is 2.35. The zero-order valence-electron chi connectivity index (χ0n) is 22.3. The molecule has 1 aliphatic rings. The molecule has 216 valence electrons. The average molecular weight is 601 g/mol. The lowest BCUT2D eigenvalue weighted by molar-refractivity contribution is -0.274. The van der Waals surface area contributed by atoms with Gasteiger partial charge in [-0.3, -0.25) is 15.1 Å². The SMILES string of the molecule is N=C(N=CNc1ccc(OC(F)(F)F)cc1)c1ccc(/C=N/N=C2\SCC(=O)N2c2ccccc2-c2ccccc2)cc1. The molecule has 1 saturated heterocycles. The van der Waals surface area contributed by atoms with Gasteiger partial charge < -0.3 is 10.1 Å². The number of thioether (sulfide) groups is 1. The van der Waals surface area contributed by atoms with E-state index in [0.29, 0.717) is 16.4 Å². The molecular weight excluding hydrogens is 577 g/mol. The molecule has 0 saturated carbocycles. The van der Waals surface area contributed by atoms with Crippen molar-refractivity contribution in [3.8, 4) is 16.9 Å². The van der Waals surface area contributed by atoms with Crippen LogP contribution in [0.1, 0.15) is 11.1 Å². The quantitative estimate of drug-likeness (QED) is 0.127. The lowest BCUT2D eigenvalue weighted by Crippen LogP contribution is -2.29. The van der Waals surface area contributed by atoms with Crippen LogP contribution in [0.15, 0.2) is 118 Å². The molecule has 0 atom stereocenters. The van der Waals surface area contributed by atoms with Crippen LogP contribution in [0.2, 0.25) is 0 Å². The van der Waals surface area contributed by atoms with Crippen LogP contribution in [-0.2, 0) is 4.79 Å². The van der Waals surface area contributed by atoms with Crippen molar-refractivity contribution in [2.45, 2.75) is 6.36 Å². The summed E-state index contributed by atoms with van der Waals surface area (Å²) in [6, 6.07) is 29.5. The third-order valence-corrected chi connectivity index (χ3v) is 6.96. The molecule has 43 heavy (non-hydrogen) atoms. The molecule has 2 N–H and O–H groups in total. The van der Waals surface area contributed by atoms with Gasteiger partial charge in [-0.25, -0.2) is 4.99 Å². The van der Waals surface area contributed by atoms with E-state index in [-0.39, 0.29) is 23.2 Å². The van der Waals surface area contributed by atoms with Gasteiger partial charge in [-0.15, -0.1) is 18.3 Å². The normalized spacial score (nSPS) is 14.6. The van der Waals surface area contributed by atoms with Gasteiger partial charge in [0.1, 0.15) is 5.75 Å². The zero-order valence-corrected chi connectivity index (χ0v) is 23.1. The van der Waals surface area contributed by atoms with Crippen molar-refractivity contribution >= 4 is 52.6 Å². The number of alkyl halides is 3. The molecule has 12 heteroatoms. The van der Waals surface area contributed by atoms with Gasteiger partial charge in [0.15, 0.2) is 11.0 Å². The lowest BCUT2D eigenvalue weighted by atomic mass is 10.0. The molecule has 0 aromatic heterocycles. The van der Waals surface area contributed by atoms with E-state index in [9.17, 15) is 18.0 Å². The highest BCUT2D eigenvalue weighted by atomic mass is 32.2. The number of para-hydroxylation sites is 1. The second-order valence-corrected chi connectivity index (χ2v) is 9.92. The van der Waals surface area contributed by atoms with E-state index >= 15 is 0 Å². The predicted molar refractivity (Wildman–Crippen MR) is 165 cm³/mol. The number of ether oxygens (including phenoxy) is 1. The zero-order chi connectivity index (χ0) is 30.2. The van der Waals surface area contributed by atoms with Gasteiger partial charge in [0, 0.05) is 16.8 Å². The number of hydrogen-bond donors (Lipinski definition) is 2. The molecule has 0 bridgehead atoms. The number of nitrogens with zero attached hydrogens (tertiary/aromatic N) is 4. The minimum absolute atomic E-state index is 0.0261. The van der Waals surface area contributed by atoms with Crippen molar-refractivity contribution in [2.75, 3.05) is 16.0 Å². The van der Waals surface area contributed by atoms with E-state index in [0.717, 1.165) is 22.4 Å². The Bertz CT molecular complexity index is 1690. The van der Waals surface area contributed by atoms with E-state index in [1.807, 2.05) is 54.6 Å². The second kappa shape index (κ2) is 13.2. The van der Waals surface area contributed by atoms with Crippen LogP contribution in [0.5, 0.6) is 5.75 Å². The number of carbonyl (C=O) groups is 1. The van der Waals surface area contributed by atoms with Crippen molar-refractivity contribution in [3.63, 3.8) is 0 Å². The molecule has 0 radical (unpaired) electrons. The van der Waals surface area contributed by atoms with E-state index in [2.05, 4.69) is 25.2 Å². The van der Waals surface area contributed by atoms with Gasteiger partial charge in [-0.05, 0) is 41.5 Å². The number of halogens is 3. The van der Waals surface area contributed by atoms with Crippen molar-refractivity contribution in [1.29, 1.82) is 5.41 Å². The summed E-state index contributed by atoms with van der Waals surface area (Å²) in [5, 5.41) is 20.0. The van der Waals surface area contributed by atoms with Crippen LogP contribution in [0.3, 0.4) is 0 Å². The van der Waals surface area contributed by atoms with Crippen molar-refractivity contribution in [3.05, 3.63) is 114 Å². The van der Waals surface area contributed by atoms with E-state index in [4.69, 9.17) is 5.41 Å². The first kappa shape index (κ1) is 29.3. The molecular formula is C31H23F3N6O2S. The Hall–Kier alpha value is -5.23. The minimum atomic E-state index is -4.76. The number of amidine groups is 2. The first-order chi connectivity index (χ1) is 20.8. The molecule has 1 heterocycles. The molecule has 0 spiro atoms. The monoisotopic (exact) mass is 600 g/mol. The minimum Gasteiger partial charge on any atom is -0.406 e. The van der Waals surface area contributed by atoms with Gasteiger partial charge in [0.05, 0.1) is 24.0 Å². The fraction of sp³-hybridized carbons (Fsp3) is 0.0645. The Balaban J connectivity index is 1.21. The van der Waals surface area contributed by atoms with Crippen molar-refractivity contribution in [2.24, 2.45) is 15.2 Å². The Kier molecular flexibility index (Phi) is 8.96. The standard InChI is InChI=1S/C31H23F3N6O2S/c32-31(33,34)42-25-16-14-24(15-17-25)36-20-37-29(35)23-12-10-21(11-13-23)18-38-39-30-40(28(41)19-43-30)27-9-5-4-8-26(27)22-6-2-1-3-7-22/h1-18,20H,19H2,(H2,35,36,37)/b38-18+,39-30-. The van der Waals surface area contributed by atoms with Crippen molar-refractivity contribution in [1.82, 2.24) is 0 Å². The van der Waals surface area contributed by atoms with Gasteiger partial charge in [-0.2, -0.15) is 5.10 Å². The predicted octanol–water partition coefficient (Wildman–Crippen LogP) is 7.19. The number of anilines is 2. The number of hydrogen-bond acceptors (Lipinski definition) is 6. The summed E-state index contributed by atoms with van der Waals surface area (Å²) in [6.07, 6.45) is -1.93. The van der Waals surface area contributed by atoms with E-state index in [1.165, 1.54) is 42.4 Å². The third kappa shape index (κ3) is 7.74. The number of amides is 1. The molecule has 5 rings (SSSR count). The van der Waals surface area contributed by atoms with Crippen LogP contribution in [0, 0.1) is 5.41 Å². The maximum atomic E-state index is 12.8. The van der Waals surface area contributed by atoms with Crippen molar-refractivity contribution < 1.29 is 22.7 Å². The molecule has 1 fully saturated rings. The first-order valence-electron chi connectivity index (χ1n) is 12.8. The number of aliphatic imine (C=N–C) groups is 1. The summed E-state index contributed by atoms with van der Waals surface area (Å²) in [5.74, 6) is -0.171. The molecule has 4 aromatic rings. The van der Waals surface area contributed by atoms with Crippen LogP contribution >= 0.6 is 11.8 Å². The van der Waals surface area contributed by atoms with Gasteiger partial charge in [0.25, 0.3) is 0 Å². The number of benzene rings is 4. The molecule has 0 aliphatic carbocycles. The molecule has 1 amide bonds. The molecule has 4 aromatic carbocycles. The average Bonchev–Trinajstić information content (AvgIpc) is 3.37. The van der Waals surface area contributed by atoms with E-state index in [1.54, 1.807) is 35.4 Å². The summed E-state index contributed by atoms with van der Waals surface area (Å²) >= 11 is 1.32. The fourth-order valence-electron chi connectivity index (χ4n) is 4.07. The highest BCUT2D eigenvalue weighted by Gasteiger charge is 2.32. The Morgan fingerprint density at radius 3 is 2.35 bits per heavy atom. The number of carbonyl (C=O) groups excluding carboxylic acids is 1. The smallest absolute Gasteiger partial charge is 0.406 e. The molecule has 8 nitrogen and oxygen atoms in total. The summed E-state index contributed by atoms with van der Waals surface area (Å²) in [7, 11) is 0. The van der Waals surface area contributed by atoms with E-state index < -0.39 is 6.36 Å². The topological polar surface area (TPSA) is 102 Å². The van der Waals surface area contributed by atoms with Gasteiger partial charge in [0.2, 0.25) is 5.91 Å². The maximum Gasteiger partial charge on any atom is 0.573 e. The largest absolute Gasteiger partial charge is 0.573 e. The van der Waals surface area contributed by atoms with Gasteiger partial charge >= 0.3 is 6.36 Å². The molecule has 0 unspecified atom stereocenters. The summed E-state index contributed by atoms with van der Waals surface area (Å²) in [4.78, 5) is 18.4. The maximum absolute atomic E-state index is 12.8. The third-order valence-electron chi connectivity index (χ3n) is 6.04. The Morgan fingerprint density at radius 2 is 1.63 bits per heavy atom. The number of nitrogens with one attached hydrogen (secondary N) is 2. The number of rotatable bonds is 8. The fourth-order valence-corrected chi connectivity index (χ4v) is 4.89. The van der Waals surface area contributed by atoms with Gasteiger partial charge in [-0.1, -0.05) is 84.6 Å². The van der Waals surface area contributed by atoms with Crippen LogP contribution < -0.4 is 15.0 Å². The van der Waals surface area contributed by atoms with Crippen LogP contribution in [0.4, 0.5) is 24.5 Å². The second-order valence-electron chi connectivity index (χ2n) is 8.97. The van der Waals surface area contributed by atoms with Crippen LogP contribution in [0.25, 0.3) is 11.1 Å². The Morgan fingerprint density at radius 1 is 0.930 bits per heavy atom. The summed E-state index contributed by atoms with van der Waals surface area (Å²) in [5.41, 5.74) is 4.39. The summed E-state index contributed by atoms with van der Waals surface area (Å²) in [6.45, 7) is 0. The molecule has 1 aliphatic heterocycles. The lowest BCUT2D eigenvalue weighted by Gasteiger charge is -2.19. The van der Waals surface area contributed by atoms with Crippen LogP contribution in [-0.4, -0.2) is 41.6 Å².